The third-order valence-corrected chi connectivity index (χ3v) is 6.12. The molecule has 1 saturated heterocycles. The van der Waals surface area contributed by atoms with E-state index in [-0.39, 0.29) is 17.7 Å². The van der Waals surface area contributed by atoms with Gasteiger partial charge in [-0.3, -0.25) is 24.6 Å². The highest BCUT2D eigenvalue weighted by molar-refractivity contribution is 9.10. The summed E-state index contributed by atoms with van der Waals surface area (Å²) in [7, 11) is 0. The summed E-state index contributed by atoms with van der Waals surface area (Å²) >= 11 is 3.53. The maximum Gasteiger partial charge on any atom is 0.259 e. The van der Waals surface area contributed by atoms with Gasteiger partial charge in [0.1, 0.15) is 6.04 Å². The number of amides is 3. The lowest BCUT2D eigenvalue weighted by atomic mass is 9.86. The molecule has 2 aliphatic heterocycles. The molecule has 0 bridgehead atoms. The molecule has 1 saturated carbocycles. The Morgan fingerprint density at radius 3 is 2.67 bits per heavy atom. The van der Waals surface area contributed by atoms with Gasteiger partial charge in [0.25, 0.3) is 5.91 Å². The van der Waals surface area contributed by atoms with E-state index in [0.717, 1.165) is 33.8 Å². The highest BCUT2D eigenvalue weighted by atomic mass is 79.9. The Bertz CT molecular complexity index is 964. The van der Waals surface area contributed by atoms with Crippen molar-refractivity contribution in [3.8, 4) is 0 Å². The molecule has 2 heterocycles. The lowest BCUT2D eigenvalue weighted by Crippen LogP contribution is -2.59. The smallest absolute Gasteiger partial charge is 0.259 e. The topological polar surface area (TPSA) is 66.5 Å². The van der Waals surface area contributed by atoms with Gasteiger partial charge in [-0.15, -0.1) is 0 Å². The van der Waals surface area contributed by atoms with Crippen molar-refractivity contribution < 1.29 is 14.4 Å². The number of hydrogen-bond acceptors (Lipinski definition) is 3. The van der Waals surface area contributed by atoms with Crippen LogP contribution in [0, 0.1) is 5.41 Å². The Balaban J connectivity index is 1.72. The lowest BCUT2D eigenvalue weighted by molar-refractivity contribution is -0.136. The number of carbonyl (C=O) groups is 3. The number of anilines is 1. The van der Waals surface area contributed by atoms with E-state index >= 15 is 0 Å². The molecule has 24 heavy (non-hydrogen) atoms. The second-order valence-electron chi connectivity index (χ2n) is 6.82. The molecular weight excluding hydrogens is 372 g/mol. The number of nitrogens with zero attached hydrogens (tertiary/aromatic N) is 1. The molecule has 5 nitrogen and oxygen atoms in total. The van der Waals surface area contributed by atoms with Gasteiger partial charge < -0.3 is 0 Å². The Morgan fingerprint density at radius 1 is 1.12 bits per heavy atom. The average Bonchev–Trinajstić information content (AvgIpc) is 3.24. The number of hydrogen-bond donors (Lipinski definition) is 1. The zero-order chi connectivity index (χ0) is 16.6. The predicted octanol–water partition coefficient (Wildman–Crippen LogP) is 2.76. The third-order valence-electron chi connectivity index (χ3n) is 5.43. The summed E-state index contributed by atoms with van der Waals surface area (Å²) in [5.74, 6) is -0.755. The van der Waals surface area contributed by atoms with Gasteiger partial charge in [-0.2, -0.15) is 0 Å². The Morgan fingerprint density at radius 2 is 1.92 bits per heavy atom. The molecule has 1 unspecified atom stereocenters. The predicted molar refractivity (Wildman–Crippen MR) is 91.7 cm³/mol. The van der Waals surface area contributed by atoms with E-state index in [1.165, 1.54) is 0 Å². The van der Waals surface area contributed by atoms with Crippen molar-refractivity contribution in [3.05, 3.63) is 40.4 Å². The van der Waals surface area contributed by atoms with E-state index in [4.69, 9.17) is 0 Å². The number of rotatable bonds is 1. The van der Waals surface area contributed by atoms with Crippen molar-refractivity contribution in [1.29, 1.82) is 0 Å². The zero-order valence-electron chi connectivity index (χ0n) is 12.6. The van der Waals surface area contributed by atoms with Crippen molar-refractivity contribution in [1.82, 2.24) is 5.32 Å². The van der Waals surface area contributed by atoms with Gasteiger partial charge >= 0.3 is 0 Å². The van der Waals surface area contributed by atoms with Crippen LogP contribution in [-0.2, 0) is 9.59 Å². The van der Waals surface area contributed by atoms with Gasteiger partial charge in [0.15, 0.2) is 0 Å². The van der Waals surface area contributed by atoms with Crippen LogP contribution in [0.5, 0.6) is 0 Å². The number of benzene rings is 2. The third kappa shape index (κ3) is 1.66. The van der Waals surface area contributed by atoms with E-state index in [1.54, 1.807) is 11.0 Å². The Hall–Kier alpha value is -2.21. The second kappa shape index (κ2) is 4.45. The van der Waals surface area contributed by atoms with Crippen molar-refractivity contribution in [2.45, 2.75) is 25.3 Å². The summed E-state index contributed by atoms with van der Waals surface area (Å²) in [4.78, 5) is 39.1. The highest BCUT2D eigenvalue weighted by Crippen LogP contribution is 2.57. The molecule has 120 valence electrons. The van der Waals surface area contributed by atoms with E-state index in [2.05, 4.69) is 21.2 Å². The van der Waals surface area contributed by atoms with Crippen LogP contribution < -0.4 is 10.2 Å². The van der Waals surface area contributed by atoms with E-state index in [1.807, 2.05) is 24.3 Å². The second-order valence-corrected chi connectivity index (χ2v) is 7.68. The van der Waals surface area contributed by atoms with Gasteiger partial charge in [0.05, 0.1) is 5.69 Å². The minimum absolute atomic E-state index is 0.158. The molecular formula is C18H13BrN2O3. The molecule has 1 N–H and O–H groups in total. The minimum Gasteiger partial charge on any atom is -0.295 e. The molecule has 1 atom stereocenters. The summed E-state index contributed by atoms with van der Waals surface area (Å²) in [6.45, 7) is 0. The van der Waals surface area contributed by atoms with Crippen LogP contribution in [0.2, 0.25) is 0 Å². The number of carbonyl (C=O) groups excluding carboxylic acids is 3. The highest BCUT2D eigenvalue weighted by Gasteiger charge is 2.60. The van der Waals surface area contributed by atoms with Gasteiger partial charge in [-0.05, 0) is 36.4 Å². The molecule has 5 rings (SSSR count). The summed E-state index contributed by atoms with van der Waals surface area (Å²) in [5.41, 5.74) is 0.982. The SMILES string of the molecule is O=C1CC2(CC2)C(N2C(=O)c3ccc(Br)c4cccc2c34)C(=O)N1. The van der Waals surface area contributed by atoms with E-state index < -0.39 is 11.5 Å². The maximum absolute atomic E-state index is 13.1. The standard InChI is InChI=1S/C18H13BrN2O3/c19-11-5-4-10-14-9(11)2-1-3-12(14)21(17(10)24)15-16(23)20-13(22)8-18(15)6-7-18/h1-5,15H,6-8H2,(H,20,22,23). The fraction of sp³-hybridized carbons (Fsp3) is 0.278. The van der Waals surface area contributed by atoms with Crippen molar-refractivity contribution >= 4 is 50.1 Å². The largest absolute Gasteiger partial charge is 0.295 e. The Labute approximate surface area is 146 Å². The van der Waals surface area contributed by atoms with Crippen LogP contribution in [0.3, 0.4) is 0 Å². The van der Waals surface area contributed by atoms with Gasteiger partial charge in [-0.1, -0.05) is 28.1 Å². The Kier molecular flexibility index (Phi) is 2.62. The quantitative estimate of drug-likeness (QED) is 0.768. The molecule has 2 aromatic rings. The van der Waals surface area contributed by atoms with Crippen molar-refractivity contribution in [2.75, 3.05) is 4.90 Å². The molecule has 2 aromatic carbocycles. The van der Waals surface area contributed by atoms with Crippen molar-refractivity contribution in [3.63, 3.8) is 0 Å². The summed E-state index contributed by atoms with van der Waals surface area (Å²) in [5, 5.41) is 4.24. The average molecular weight is 385 g/mol. The first-order chi connectivity index (χ1) is 11.5. The van der Waals surface area contributed by atoms with Gasteiger partial charge in [0, 0.05) is 27.3 Å². The normalized spacial score (nSPS) is 24.0. The van der Waals surface area contributed by atoms with Crippen LogP contribution in [0.4, 0.5) is 5.69 Å². The number of imide groups is 1. The maximum atomic E-state index is 13.1. The zero-order valence-corrected chi connectivity index (χ0v) is 14.2. The minimum atomic E-state index is -0.612. The lowest BCUT2D eigenvalue weighted by Gasteiger charge is -2.37. The number of piperidine rings is 1. The number of halogens is 1. The van der Waals surface area contributed by atoms with E-state index in [9.17, 15) is 14.4 Å². The van der Waals surface area contributed by atoms with Crippen LogP contribution >= 0.6 is 15.9 Å². The fourth-order valence-corrected chi connectivity index (χ4v) is 4.64. The molecule has 0 aromatic heterocycles. The first-order valence-corrected chi connectivity index (χ1v) is 8.70. The first kappa shape index (κ1) is 14.2. The van der Waals surface area contributed by atoms with Crippen molar-refractivity contribution in [2.24, 2.45) is 5.41 Å². The van der Waals surface area contributed by atoms with Crippen LogP contribution in [0.15, 0.2) is 34.8 Å². The molecule has 1 spiro atoms. The molecule has 1 aliphatic carbocycles. The molecule has 6 heteroatoms. The van der Waals surface area contributed by atoms with Crippen LogP contribution in [0.25, 0.3) is 10.8 Å². The molecule has 3 amide bonds. The fourth-order valence-electron chi connectivity index (χ4n) is 4.17. The molecule has 2 fully saturated rings. The summed E-state index contributed by atoms with van der Waals surface area (Å²) in [6, 6.07) is 8.77. The van der Waals surface area contributed by atoms with Gasteiger partial charge in [-0.25, -0.2) is 0 Å². The molecule has 3 aliphatic rings. The van der Waals surface area contributed by atoms with Crippen LogP contribution in [-0.4, -0.2) is 23.8 Å². The van der Waals surface area contributed by atoms with E-state index in [0.29, 0.717) is 12.0 Å². The van der Waals surface area contributed by atoms with Crippen LogP contribution in [0.1, 0.15) is 29.6 Å². The number of nitrogens with one attached hydrogen (secondary N) is 1. The molecule has 0 radical (unpaired) electrons. The first-order valence-electron chi connectivity index (χ1n) is 7.90. The monoisotopic (exact) mass is 384 g/mol. The van der Waals surface area contributed by atoms with Gasteiger partial charge in [0.2, 0.25) is 11.8 Å². The summed E-state index contributed by atoms with van der Waals surface area (Å²) in [6.07, 6.45) is 1.91. The summed E-state index contributed by atoms with van der Waals surface area (Å²) < 4.78 is 0.919.